The number of nitrogens with zero attached hydrogens (tertiary/aromatic N) is 4. The van der Waals surface area contributed by atoms with Crippen LogP contribution in [0.2, 0.25) is 0 Å². The van der Waals surface area contributed by atoms with Gasteiger partial charge in [0.05, 0.1) is 42.4 Å². The number of hydrogen-bond acceptors (Lipinski definition) is 6. The number of nitroso groups, excluding NO2 is 1. The van der Waals surface area contributed by atoms with Crippen LogP contribution in [0.1, 0.15) is 12.8 Å². The van der Waals surface area contributed by atoms with Crippen molar-refractivity contribution in [3.63, 3.8) is 0 Å². The van der Waals surface area contributed by atoms with Crippen LogP contribution in [-0.4, -0.2) is 78.1 Å². The Morgan fingerprint density at radius 3 is 2.90 bits per heavy atom. The van der Waals surface area contributed by atoms with Gasteiger partial charge in [-0.3, -0.25) is 9.55 Å². The van der Waals surface area contributed by atoms with Gasteiger partial charge in [0.1, 0.15) is 5.75 Å². The topological polar surface area (TPSA) is 58.8 Å². The number of piperazine rings is 1. The molecule has 4 aliphatic rings. The molecule has 8 heteroatoms. The molecule has 0 aromatic heterocycles. The molecule has 0 radical (unpaired) electrons. The summed E-state index contributed by atoms with van der Waals surface area (Å²) in [7, 11) is 1.71. The fraction of sp³-hybridized carbons (Fsp3) is 0.545. The maximum atomic E-state index is 14.0. The zero-order valence-corrected chi connectivity index (χ0v) is 18.2. The highest BCUT2D eigenvalue weighted by atomic mass is 32.2. The van der Waals surface area contributed by atoms with Gasteiger partial charge >= 0.3 is 6.17 Å². The number of quaternary nitrogens is 1. The minimum atomic E-state index is -0.544. The van der Waals surface area contributed by atoms with Gasteiger partial charge in [-0.2, -0.15) is 0 Å². The van der Waals surface area contributed by atoms with Crippen LogP contribution >= 0.6 is 11.8 Å². The molecule has 3 unspecified atom stereocenters. The largest absolute Gasteiger partial charge is 0.627 e. The molecule has 1 aromatic carbocycles. The number of hydrogen-bond donors (Lipinski definition) is 0. The predicted molar refractivity (Wildman–Crippen MR) is 119 cm³/mol. The van der Waals surface area contributed by atoms with Crippen LogP contribution in [0, 0.1) is 10.1 Å². The summed E-state index contributed by atoms with van der Waals surface area (Å²) >= 11 is 1.54. The molecule has 1 aromatic rings. The maximum Gasteiger partial charge on any atom is 0.335 e. The van der Waals surface area contributed by atoms with Crippen molar-refractivity contribution < 1.29 is 14.1 Å². The average molecular weight is 430 g/mol. The summed E-state index contributed by atoms with van der Waals surface area (Å²) in [5.74, 6) is 1.59. The van der Waals surface area contributed by atoms with Gasteiger partial charge in [-0.1, -0.05) is 18.2 Å². The summed E-state index contributed by atoms with van der Waals surface area (Å²) < 4.78 is 6.11. The predicted octanol–water partition coefficient (Wildman–Crippen LogP) is 2.93. The Hall–Kier alpha value is -1.87. The Morgan fingerprint density at radius 1 is 1.30 bits per heavy atom. The van der Waals surface area contributed by atoms with E-state index in [9.17, 15) is 10.1 Å². The lowest BCUT2D eigenvalue weighted by molar-refractivity contribution is -1.02. The summed E-state index contributed by atoms with van der Waals surface area (Å²) in [5.41, 5.74) is 0.594. The van der Waals surface area contributed by atoms with Gasteiger partial charge in [-0.15, -0.1) is 0 Å². The highest BCUT2D eigenvalue weighted by molar-refractivity contribution is 8.03. The van der Waals surface area contributed by atoms with Gasteiger partial charge in [0.25, 0.3) is 5.03 Å². The molecular weight excluding hydrogens is 400 g/mol. The molecule has 0 saturated carbocycles. The van der Waals surface area contributed by atoms with Gasteiger partial charge in [0.15, 0.2) is 5.54 Å². The SMILES string of the molecule is COc1ccccc1N1CCN(CCC2[N+](=O)C3=CC4(C=CCC[N+]24[O-])CS3)CC1. The second kappa shape index (κ2) is 7.67. The van der Waals surface area contributed by atoms with Crippen molar-refractivity contribution >= 4 is 17.4 Å². The Bertz CT molecular complexity index is 898. The molecule has 7 nitrogen and oxygen atoms in total. The van der Waals surface area contributed by atoms with Gasteiger partial charge in [-0.05, 0) is 30.0 Å². The van der Waals surface area contributed by atoms with E-state index in [4.69, 9.17) is 4.74 Å². The van der Waals surface area contributed by atoms with Crippen molar-refractivity contribution in [2.75, 3.05) is 57.0 Å². The summed E-state index contributed by atoms with van der Waals surface area (Å²) in [5, 5.41) is 14.7. The minimum Gasteiger partial charge on any atom is -0.627 e. The zero-order valence-electron chi connectivity index (χ0n) is 17.4. The van der Waals surface area contributed by atoms with Crippen molar-refractivity contribution in [1.82, 2.24) is 4.90 Å². The Labute approximate surface area is 181 Å². The second-order valence-electron chi connectivity index (χ2n) is 8.57. The molecule has 5 rings (SSSR count). The van der Waals surface area contributed by atoms with Crippen LogP contribution < -0.4 is 9.64 Å². The van der Waals surface area contributed by atoms with E-state index in [-0.39, 0.29) is 0 Å². The number of benzene rings is 1. The maximum absolute atomic E-state index is 14.0. The van der Waals surface area contributed by atoms with Gasteiger partial charge in [0.2, 0.25) is 0 Å². The van der Waals surface area contributed by atoms with Crippen molar-refractivity contribution in [1.29, 1.82) is 0 Å². The standard InChI is InChI=1S/C22H29N4O3S/c1-29-19-7-3-2-6-18(19)24-13-11-23(12-14-24)10-8-20-25(27)21-16-22(17-30-21)9-4-5-15-26(20,22)28/h2-4,6-7,9,16,20H,5,8,10-15,17H2,1H3/q+1. The molecule has 2 bridgehead atoms. The Kier molecular flexibility index (Phi) is 5.13. The molecule has 0 aliphatic carbocycles. The molecule has 30 heavy (non-hydrogen) atoms. The third-order valence-corrected chi connectivity index (χ3v) is 8.24. The second-order valence-corrected chi connectivity index (χ2v) is 9.56. The van der Waals surface area contributed by atoms with E-state index in [0.717, 1.165) is 60.4 Å². The minimum absolute atomic E-state index is 0.412. The Balaban J connectivity index is 1.24. The first-order valence-electron chi connectivity index (χ1n) is 10.8. The highest BCUT2D eigenvalue weighted by Gasteiger charge is 2.63. The van der Waals surface area contributed by atoms with Gasteiger partial charge < -0.3 is 14.8 Å². The molecule has 160 valence electrons. The molecule has 3 atom stereocenters. The van der Waals surface area contributed by atoms with Crippen LogP contribution in [0.15, 0.2) is 47.5 Å². The molecular formula is C22H29N4O3S+. The normalized spacial score (nSPS) is 33.4. The summed E-state index contributed by atoms with van der Waals surface area (Å²) in [6.45, 7) is 4.94. The summed E-state index contributed by atoms with van der Waals surface area (Å²) in [4.78, 5) is 17.7. The lowest BCUT2D eigenvalue weighted by atomic mass is 9.90. The van der Waals surface area contributed by atoms with Crippen molar-refractivity contribution in [2.24, 2.45) is 0 Å². The molecule has 0 amide bonds. The molecule has 1 saturated heterocycles. The van der Waals surface area contributed by atoms with Crippen LogP contribution in [0.3, 0.4) is 0 Å². The number of para-hydroxylation sites is 2. The zero-order chi connectivity index (χ0) is 20.8. The summed E-state index contributed by atoms with van der Waals surface area (Å²) in [6, 6.07) is 8.12. The van der Waals surface area contributed by atoms with Crippen LogP contribution in [0.4, 0.5) is 5.69 Å². The average Bonchev–Trinajstić information content (AvgIpc) is 3.18. The molecule has 1 spiro atoms. The third-order valence-electron chi connectivity index (χ3n) is 7.03. The monoisotopic (exact) mass is 429 g/mol. The van der Waals surface area contributed by atoms with E-state index < -0.39 is 16.4 Å². The van der Waals surface area contributed by atoms with Crippen molar-refractivity contribution in [3.8, 4) is 5.75 Å². The lowest BCUT2D eigenvalue weighted by Crippen LogP contribution is -2.69. The fourth-order valence-corrected chi connectivity index (χ4v) is 6.60. The number of thioether (sulfide) groups is 1. The highest BCUT2D eigenvalue weighted by Crippen LogP contribution is 2.50. The molecule has 4 heterocycles. The number of rotatable bonds is 5. The fourth-order valence-electron chi connectivity index (χ4n) is 5.29. The van der Waals surface area contributed by atoms with E-state index in [2.05, 4.69) is 28.0 Å². The lowest BCUT2D eigenvalue weighted by Gasteiger charge is -2.55. The van der Waals surface area contributed by atoms with Gasteiger partial charge in [0, 0.05) is 44.1 Å². The quantitative estimate of drug-likeness (QED) is 0.310. The molecule has 4 aliphatic heterocycles. The van der Waals surface area contributed by atoms with E-state index in [0.29, 0.717) is 18.7 Å². The van der Waals surface area contributed by atoms with E-state index in [1.165, 1.54) is 11.8 Å². The first-order valence-corrected chi connectivity index (χ1v) is 11.7. The van der Waals surface area contributed by atoms with E-state index in [1.807, 2.05) is 24.3 Å². The molecule has 1 fully saturated rings. The first kappa shape index (κ1) is 20.1. The van der Waals surface area contributed by atoms with E-state index >= 15 is 0 Å². The number of hydroxylamine groups is 3. The van der Waals surface area contributed by atoms with Crippen molar-refractivity contribution in [3.05, 3.63) is 57.6 Å². The van der Waals surface area contributed by atoms with Crippen LogP contribution in [0.5, 0.6) is 5.75 Å². The Morgan fingerprint density at radius 2 is 2.10 bits per heavy atom. The molecule has 0 N–H and O–H groups in total. The van der Waals surface area contributed by atoms with Gasteiger partial charge in [-0.25, -0.2) is 0 Å². The van der Waals surface area contributed by atoms with Crippen LogP contribution in [0.25, 0.3) is 0 Å². The van der Waals surface area contributed by atoms with Crippen LogP contribution in [-0.2, 0) is 0 Å². The number of methoxy groups -OCH3 is 1. The summed E-state index contributed by atoms with van der Waals surface area (Å²) in [6.07, 6.45) is 6.92. The first-order chi connectivity index (χ1) is 14.6. The third kappa shape index (κ3) is 3.09. The van der Waals surface area contributed by atoms with Crippen molar-refractivity contribution in [2.45, 2.75) is 24.5 Å². The smallest absolute Gasteiger partial charge is 0.335 e. The van der Waals surface area contributed by atoms with E-state index in [1.54, 1.807) is 7.11 Å². The number of ether oxygens (including phenoxy) is 1. The number of anilines is 1.